The lowest BCUT2D eigenvalue weighted by atomic mass is 10.2. The number of carbonyl (C=O) groups is 1. The van der Waals surface area contributed by atoms with Gasteiger partial charge in [-0.05, 0) is 31.5 Å². The van der Waals surface area contributed by atoms with Crippen LogP contribution in [-0.4, -0.2) is 10.9 Å². The van der Waals surface area contributed by atoms with Crippen LogP contribution in [0.4, 0.5) is 5.69 Å². The van der Waals surface area contributed by atoms with Gasteiger partial charge in [0.1, 0.15) is 5.76 Å². The molecule has 1 heterocycles. The molecule has 2 rings (SSSR count). The zero-order chi connectivity index (χ0) is 13.1. The van der Waals surface area contributed by atoms with Crippen molar-refractivity contribution in [2.24, 2.45) is 0 Å². The van der Waals surface area contributed by atoms with E-state index in [2.05, 4.69) is 26.2 Å². The van der Waals surface area contributed by atoms with Crippen molar-refractivity contribution >= 4 is 27.5 Å². The summed E-state index contributed by atoms with van der Waals surface area (Å²) in [6.07, 6.45) is 1.54. The number of aromatic nitrogens is 1. The van der Waals surface area contributed by atoms with E-state index in [4.69, 9.17) is 4.42 Å². The van der Waals surface area contributed by atoms with Crippen LogP contribution < -0.4 is 5.32 Å². The van der Waals surface area contributed by atoms with Crippen molar-refractivity contribution in [1.29, 1.82) is 0 Å². The molecule has 0 aliphatic heterocycles. The topological polar surface area (TPSA) is 55.1 Å². The summed E-state index contributed by atoms with van der Waals surface area (Å²) >= 11 is 3.43. The smallest absolute Gasteiger partial charge is 0.232 e. The van der Waals surface area contributed by atoms with Crippen molar-refractivity contribution in [1.82, 2.24) is 4.98 Å². The van der Waals surface area contributed by atoms with Gasteiger partial charge in [-0.2, -0.15) is 0 Å². The fourth-order valence-electron chi connectivity index (χ4n) is 1.52. The highest BCUT2D eigenvalue weighted by molar-refractivity contribution is 9.10. The van der Waals surface area contributed by atoms with Crippen LogP contribution in [0.25, 0.3) is 0 Å². The van der Waals surface area contributed by atoms with Crippen LogP contribution in [0.5, 0.6) is 0 Å². The Morgan fingerprint density at radius 1 is 1.44 bits per heavy atom. The fraction of sp³-hybridized carbons (Fsp3) is 0.231. The molecule has 0 radical (unpaired) electrons. The molecule has 0 fully saturated rings. The first-order valence-electron chi connectivity index (χ1n) is 5.51. The Morgan fingerprint density at radius 2 is 2.22 bits per heavy atom. The first-order valence-corrected chi connectivity index (χ1v) is 6.30. The summed E-state index contributed by atoms with van der Waals surface area (Å²) in [5.41, 5.74) is 2.63. The molecular formula is C13H13BrN2O2. The second kappa shape index (κ2) is 5.35. The lowest BCUT2D eigenvalue weighted by Crippen LogP contribution is -2.14. The van der Waals surface area contributed by atoms with Gasteiger partial charge in [-0.15, -0.1) is 0 Å². The van der Waals surface area contributed by atoms with Gasteiger partial charge < -0.3 is 9.73 Å². The summed E-state index contributed by atoms with van der Waals surface area (Å²) in [5, 5.41) is 2.82. The molecule has 5 heteroatoms. The molecule has 1 N–H and O–H groups in total. The molecule has 0 saturated carbocycles. The zero-order valence-corrected chi connectivity index (χ0v) is 11.7. The highest BCUT2D eigenvalue weighted by Crippen LogP contribution is 2.20. The highest BCUT2D eigenvalue weighted by atomic mass is 79.9. The number of benzene rings is 1. The third kappa shape index (κ3) is 2.98. The van der Waals surface area contributed by atoms with Crippen molar-refractivity contribution in [3.63, 3.8) is 0 Å². The van der Waals surface area contributed by atoms with Crippen molar-refractivity contribution in [2.45, 2.75) is 20.3 Å². The van der Waals surface area contributed by atoms with Gasteiger partial charge in [0.15, 0.2) is 6.39 Å². The van der Waals surface area contributed by atoms with E-state index in [-0.39, 0.29) is 12.3 Å². The maximum atomic E-state index is 11.8. The number of rotatable bonds is 3. The average Bonchev–Trinajstić information content (AvgIpc) is 2.70. The summed E-state index contributed by atoms with van der Waals surface area (Å²) in [4.78, 5) is 15.8. The van der Waals surface area contributed by atoms with E-state index < -0.39 is 0 Å². The Hall–Kier alpha value is -1.62. The van der Waals surface area contributed by atoms with E-state index in [0.717, 1.165) is 21.4 Å². The number of halogens is 1. The van der Waals surface area contributed by atoms with Crippen LogP contribution >= 0.6 is 15.9 Å². The van der Waals surface area contributed by atoms with Gasteiger partial charge in [0.2, 0.25) is 5.91 Å². The Morgan fingerprint density at radius 3 is 2.83 bits per heavy atom. The van der Waals surface area contributed by atoms with Gasteiger partial charge in [0.05, 0.1) is 12.1 Å². The predicted octanol–water partition coefficient (Wildman–Crippen LogP) is 3.24. The quantitative estimate of drug-likeness (QED) is 0.947. The maximum absolute atomic E-state index is 11.8. The first kappa shape index (κ1) is 12.8. The molecule has 0 atom stereocenters. The number of anilines is 1. The molecule has 0 aliphatic rings. The molecule has 94 valence electrons. The SMILES string of the molecule is Cc1ccc(NC(=O)Cc2ocnc2C)cc1Br. The minimum atomic E-state index is -0.120. The Kier molecular flexibility index (Phi) is 3.81. The van der Waals surface area contributed by atoms with Crippen LogP contribution in [0.15, 0.2) is 33.5 Å². The lowest BCUT2D eigenvalue weighted by Gasteiger charge is -2.06. The molecule has 4 nitrogen and oxygen atoms in total. The lowest BCUT2D eigenvalue weighted by molar-refractivity contribution is -0.115. The zero-order valence-electron chi connectivity index (χ0n) is 10.2. The molecule has 18 heavy (non-hydrogen) atoms. The molecule has 0 aliphatic carbocycles. The number of carbonyl (C=O) groups excluding carboxylic acids is 1. The largest absolute Gasteiger partial charge is 0.448 e. The van der Waals surface area contributed by atoms with Gasteiger partial charge in [-0.1, -0.05) is 22.0 Å². The van der Waals surface area contributed by atoms with Crippen molar-refractivity contribution in [3.05, 3.63) is 46.1 Å². The minimum absolute atomic E-state index is 0.120. The molecule has 1 aromatic heterocycles. The molecule has 1 amide bonds. The van der Waals surface area contributed by atoms with Gasteiger partial charge in [0, 0.05) is 10.2 Å². The van der Waals surface area contributed by atoms with Crippen LogP contribution in [0, 0.1) is 13.8 Å². The highest BCUT2D eigenvalue weighted by Gasteiger charge is 2.10. The fourth-order valence-corrected chi connectivity index (χ4v) is 1.90. The van der Waals surface area contributed by atoms with Crippen molar-refractivity contribution in [2.75, 3.05) is 5.32 Å². The van der Waals surface area contributed by atoms with Gasteiger partial charge >= 0.3 is 0 Å². The molecule has 0 spiro atoms. The third-order valence-corrected chi connectivity index (χ3v) is 3.48. The van der Waals surface area contributed by atoms with E-state index in [0.29, 0.717) is 5.76 Å². The van der Waals surface area contributed by atoms with Gasteiger partial charge in [-0.3, -0.25) is 4.79 Å². The van der Waals surface area contributed by atoms with Gasteiger partial charge in [0.25, 0.3) is 0 Å². The Bertz CT molecular complexity index is 578. The Balaban J connectivity index is 2.03. The second-order valence-electron chi connectivity index (χ2n) is 4.05. The number of aryl methyl sites for hydroxylation is 2. The first-order chi connectivity index (χ1) is 8.56. The number of nitrogens with zero attached hydrogens (tertiary/aromatic N) is 1. The molecule has 1 aromatic carbocycles. The van der Waals surface area contributed by atoms with Gasteiger partial charge in [-0.25, -0.2) is 4.98 Å². The Labute approximate surface area is 114 Å². The summed E-state index contributed by atoms with van der Waals surface area (Å²) in [6, 6.07) is 5.69. The summed E-state index contributed by atoms with van der Waals surface area (Å²) in [5.74, 6) is 0.476. The van der Waals surface area contributed by atoms with E-state index >= 15 is 0 Å². The monoisotopic (exact) mass is 308 g/mol. The van der Waals surface area contributed by atoms with Crippen LogP contribution in [0.3, 0.4) is 0 Å². The normalized spacial score (nSPS) is 10.4. The summed E-state index contributed by atoms with van der Waals surface area (Å²) in [6.45, 7) is 3.81. The van der Waals surface area contributed by atoms with Crippen molar-refractivity contribution < 1.29 is 9.21 Å². The predicted molar refractivity (Wildman–Crippen MR) is 72.5 cm³/mol. The molecule has 0 saturated heterocycles. The number of oxazole rings is 1. The minimum Gasteiger partial charge on any atom is -0.448 e. The maximum Gasteiger partial charge on any atom is 0.232 e. The van der Waals surface area contributed by atoms with Crippen LogP contribution in [-0.2, 0) is 11.2 Å². The number of amides is 1. The van der Waals surface area contributed by atoms with E-state index in [9.17, 15) is 4.79 Å². The van der Waals surface area contributed by atoms with Crippen molar-refractivity contribution in [3.8, 4) is 0 Å². The molecule has 0 bridgehead atoms. The van der Waals surface area contributed by atoms with E-state index in [1.165, 1.54) is 6.39 Å². The molecule has 2 aromatic rings. The summed E-state index contributed by atoms with van der Waals surface area (Å²) < 4.78 is 6.10. The number of hydrogen-bond donors (Lipinski definition) is 1. The second-order valence-corrected chi connectivity index (χ2v) is 4.90. The number of hydrogen-bond acceptors (Lipinski definition) is 3. The number of nitrogens with one attached hydrogen (secondary N) is 1. The standard InChI is InChI=1S/C13H13BrN2O2/c1-8-3-4-10(5-11(8)14)16-13(17)6-12-9(2)15-7-18-12/h3-5,7H,6H2,1-2H3,(H,16,17). The van der Waals surface area contributed by atoms with E-state index in [1.807, 2.05) is 32.0 Å². The molecular weight excluding hydrogens is 296 g/mol. The van der Waals surface area contributed by atoms with E-state index in [1.54, 1.807) is 0 Å². The third-order valence-electron chi connectivity index (χ3n) is 2.62. The van der Waals surface area contributed by atoms with Crippen LogP contribution in [0.2, 0.25) is 0 Å². The summed E-state index contributed by atoms with van der Waals surface area (Å²) in [7, 11) is 0. The average molecular weight is 309 g/mol. The van der Waals surface area contributed by atoms with Crippen LogP contribution in [0.1, 0.15) is 17.0 Å². The molecule has 0 unspecified atom stereocenters.